The molecule has 14 heteroatoms. The van der Waals surface area contributed by atoms with E-state index < -0.39 is 48.5 Å². The Hall–Kier alpha value is -4.13. The van der Waals surface area contributed by atoms with Crippen molar-refractivity contribution in [2.24, 2.45) is 7.05 Å². The molecule has 2 aliphatic heterocycles. The van der Waals surface area contributed by atoms with Crippen LogP contribution in [0.4, 0.5) is 18.0 Å². The molecule has 222 valence electrons. The number of fused-ring (bicyclic) bond motifs is 2. The molecule has 1 aromatic heterocycles. The first-order valence-corrected chi connectivity index (χ1v) is 13.7. The van der Waals surface area contributed by atoms with Crippen LogP contribution < -0.4 is 4.74 Å². The first kappa shape index (κ1) is 29.4. The normalized spacial score (nSPS) is 16.2. The standard InChI is InChI=1S/C28H27ClF3N5O5/c1-3-4-11-41-28(40)36-10-9-17-18(29)12-19(30)24(42-14-20-23(25(31)32)35(2)34-33-20)22(17)21(36)13-37-26(38)15-7-5-6-8-16(15)27(37)39/h5-8,12,21,25H,3-4,9-11,13-14H2,1-2H3/t21-/m1/s1. The van der Waals surface area contributed by atoms with Crippen molar-refractivity contribution >= 4 is 29.5 Å². The van der Waals surface area contributed by atoms with E-state index in [1.807, 2.05) is 6.92 Å². The van der Waals surface area contributed by atoms with Crippen LogP contribution in [0.15, 0.2) is 30.3 Å². The summed E-state index contributed by atoms with van der Waals surface area (Å²) in [6, 6.07) is 6.21. The Morgan fingerprint density at radius 1 is 1.19 bits per heavy atom. The lowest BCUT2D eigenvalue weighted by molar-refractivity contribution is 0.0510. The smallest absolute Gasteiger partial charge is 0.410 e. The maximum atomic E-state index is 15.6. The van der Waals surface area contributed by atoms with Crippen LogP contribution in [-0.2, 0) is 24.8 Å². The molecule has 0 radical (unpaired) electrons. The Kier molecular flexibility index (Phi) is 8.39. The van der Waals surface area contributed by atoms with Crippen LogP contribution in [-0.4, -0.2) is 62.4 Å². The van der Waals surface area contributed by atoms with E-state index >= 15 is 4.39 Å². The average Bonchev–Trinajstić information content (AvgIpc) is 3.45. The Morgan fingerprint density at radius 3 is 2.52 bits per heavy atom. The molecule has 42 heavy (non-hydrogen) atoms. The van der Waals surface area contributed by atoms with Gasteiger partial charge in [-0.15, -0.1) is 5.10 Å². The maximum Gasteiger partial charge on any atom is 0.410 e. The van der Waals surface area contributed by atoms with Crippen molar-refractivity contribution in [2.75, 3.05) is 19.7 Å². The van der Waals surface area contributed by atoms with Crippen LogP contribution in [0.3, 0.4) is 0 Å². The zero-order valence-corrected chi connectivity index (χ0v) is 23.5. The average molecular weight is 606 g/mol. The number of aryl methyl sites for hydroxylation is 1. The first-order valence-electron chi connectivity index (χ1n) is 13.3. The van der Waals surface area contributed by atoms with E-state index in [-0.39, 0.29) is 59.3 Å². The minimum atomic E-state index is -2.91. The molecule has 10 nitrogen and oxygen atoms in total. The number of hydrogen-bond acceptors (Lipinski definition) is 7. The van der Waals surface area contributed by atoms with Crippen molar-refractivity contribution < 1.29 is 37.0 Å². The van der Waals surface area contributed by atoms with Crippen molar-refractivity contribution in [3.63, 3.8) is 0 Å². The summed E-state index contributed by atoms with van der Waals surface area (Å²) in [6.07, 6.45) is -2.08. The van der Waals surface area contributed by atoms with Gasteiger partial charge in [-0.3, -0.25) is 19.4 Å². The van der Waals surface area contributed by atoms with Gasteiger partial charge in [0.15, 0.2) is 11.6 Å². The number of carbonyl (C=O) groups is 3. The van der Waals surface area contributed by atoms with E-state index in [2.05, 4.69) is 10.3 Å². The van der Waals surface area contributed by atoms with Crippen molar-refractivity contribution in [2.45, 2.75) is 45.3 Å². The molecule has 0 saturated heterocycles. The summed E-state index contributed by atoms with van der Waals surface area (Å²) in [5.74, 6) is -2.44. The molecular weight excluding hydrogens is 579 g/mol. The van der Waals surface area contributed by atoms with Gasteiger partial charge in [0, 0.05) is 24.2 Å². The van der Waals surface area contributed by atoms with Gasteiger partial charge in [-0.05, 0) is 36.6 Å². The van der Waals surface area contributed by atoms with Crippen LogP contribution in [0.25, 0.3) is 0 Å². The molecule has 5 rings (SSSR count). The van der Waals surface area contributed by atoms with Crippen LogP contribution in [0.1, 0.15) is 75.5 Å². The van der Waals surface area contributed by atoms with Crippen molar-refractivity contribution in [3.05, 3.63) is 74.8 Å². The van der Waals surface area contributed by atoms with E-state index in [9.17, 15) is 23.2 Å². The molecule has 1 atom stereocenters. The third kappa shape index (κ3) is 5.28. The Bertz CT molecular complexity index is 1510. The van der Waals surface area contributed by atoms with E-state index in [4.69, 9.17) is 21.1 Å². The van der Waals surface area contributed by atoms with Gasteiger partial charge in [0.1, 0.15) is 18.0 Å². The lowest BCUT2D eigenvalue weighted by Gasteiger charge is -2.39. The largest absolute Gasteiger partial charge is 0.484 e. The van der Waals surface area contributed by atoms with E-state index in [1.165, 1.54) is 24.1 Å². The monoisotopic (exact) mass is 605 g/mol. The van der Waals surface area contributed by atoms with Crippen LogP contribution in [0.2, 0.25) is 5.02 Å². The Balaban J connectivity index is 1.56. The molecule has 0 spiro atoms. The summed E-state index contributed by atoms with van der Waals surface area (Å²) in [7, 11) is 1.29. The quantitative estimate of drug-likeness (QED) is 0.242. The second-order valence-electron chi connectivity index (χ2n) is 9.89. The fourth-order valence-corrected chi connectivity index (χ4v) is 5.54. The number of halogens is 4. The molecule has 3 heterocycles. The molecule has 3 amide bonds. The van der Waals surface area contributed by atoms with Gasteiger partial charge in [-0.2, -0.15) is 0 Å². The highest BCUT2D eigenvalue weighted by molar-refractivity contribution is 6.31. The number of ether oxygens (including phenoxy) is 2. The highest BCUT2D eigenvalue weighted by Gasteiger charge is 2.43. The van der Waals surface area contributed by atoms with E-state index in [1.54, 1.807) is 12.1 Å². The van der Waals surface area contributed by atoms with Gasteiger partial charge in [0.25, 0.3) is 18.2 Å². The third-order valence-electron chi connectivity index (χ3n) is 7.34. The van der Waals surface area contributed by atoms with Crippen molar-refractivity contribution in [1.82, 2.24) is 24.8 Å². The minimum Gasteiger partial charge on any atom is -0.484 e. The molecule has 0 saturated carbocycles. The highest BCUT2D eigenvalue weighted by Crippen LogP contribution is 2.43. The number of nitrogens with zero attached hydrogens (tertiary/aromatic N) is 5. The fraction of sp³-hybridized carbons (Fsp3) is 0.393. The number of benzene rings is 2. The van der Waals surface area contributed by atoms with E-state index in [0.717, 1.165) is 22.1 Å². The molecule has 0 bridgehead atoms. The maximum absolute atomic E-state index is 15.6. The summed E-state index contributed by atoms with van der Waals surface area (Å²) < 4.78 is 54.9. The van der Waals surface area contributed by atoms with Gasteiger partial charge >= 0.3 is 6.09 Å². The van der Waals surface area contributed by atoms with Crippen LogP contribution in [0, 0.1) is 5.82 Å². The number of alkyl halides is 2. The Morgan fingerprint density at radius 2 is 1.88 bits per heavy atom. The highest BCUT2D eigenvalue weighted by atomic mass is 35.5. The summed E-state index contributed by atoms with van der Waals surface area (Å²) in [5.41, 5.74) is 0.234. The molecule has 2 aliphatic rings. The van der Waals surface area contributed by atoms with Gasteiger partial charge < -0.3 is 9.47 Å². The fourth-order valence-electron chi connectivity index (χ4n) is 5.25. The Labute approximate surface area is 243 Å². The first-order chi connectivity index (χ1) is 20.1. The molecule has 0 fully saturated rings. The molecule has 0 aliphatic carbocycles. The predicted octanol–water partition coefficient (Wildman–Crippen LogP) is 5.26. The number of aromatic nitrogens is 3. The van der Waals surface area contributed by atoms with Gasteiger partial charge in [0.05, 0.1) is 30.3 Å². The molecule has 0 unspecified atom stereocenters. The lowest BCUT2D eigenvalue weighted by atomic mass is 9.91. The topological polar surface area (TPSA) is 107 Å². The molecular formula is C28H27ClF3N5O5. The number of hydrogen-bond donors (Lipinski definition) is 0. The number of rotatable bonds is 9. The van der Waals surface area contributed by atoms with Crippen molar-refractivity contribution in [3.8, 4) is 5.75 Å². The van der Waals surface area contributed by atoms with E-state index in [0.29, 0.717) is 12.0 Å². The summed E-state index contributed by atoms with van der Waals surface area (Å²) in [5, 5.41) is 7.37. The number of carbonyl (C=O) groups excluding carboxylic acids is 3. The van der Waals surface area contributed by atoms with Crippen molar-refractivity contribution in [1.29, 1.82) is 0 Å². The SMILES string of the molecule is CCCCOC(=O)N1CCc2c(Cl)cc(F)c(OCc3nnn(C)c3C(F)F)c2[C@H]1CN1C(=O)c2ccccc2C1=O. The minimum absolute atomic E-state index is 0.0500. The zero-order valence-electron chi connectivity index (χ0n) is 22.8. The third-order valence-corrected chi connectivity index (χ3v) is 7.67. The predicted molar refractivity (Wildman–Crippen MR) is 143 cm³/mol. The van der Waals surface area contributed by atoms with Crippen LogP contribution >= 0.6 is 11.6 Å². The molecule has 3 aromatic rings. The second-order valence-corrected chi connectivity index (χ2v) is 10.3. The van der Waals surface area contributed by atoms with Gasteiger partial charge in [0.2, 0.25) is 0 Å². The number of amides is 3. The number of unbranched alkanes of at least 4 members (excludes halogenated alkanes) is 1. The van der Waals surface area contributed by atoms with Gasteiger partial charge in [-0.25, -0.2) is 22.6 Å². The zero-order chi connectivity index (χ0) is 30.1. The summed E-state index contributed by atoms with van der Waals surface area (Å²) in [6.45, 7) is 1.23. The molecule has 2 aromatic carbocycles. The summed E-state index contributed by atoms with van der Waals surface area (Å²) >= 11 is 6.45. The second kappa shape index (κ2) is 12.0. The van der Waals surface area contributed by atoms with Crippen LogP contribution in [0.5, 0.6) is 5.75 Å². The summed E-state index contributed by atoms with van der Waals surface area (Å²) in [4.78, 5) is 42.1. The lowest BCUT2D eigenvalue weighted by Crippen LogP contribution is -2.47. The van der Waals surface area contributed by atoms with Gasteiger partial charge in [-0.1, -0.05) is 42.3 Å². The number of imide groups is 1. The molecule has 0 N–H and O–H groups in total.